The molecule has 3 aromatic rings. The highest BCUT2D eigenvalue weighted by atomic mass is 16.6. The van der Waals surface area contributed by atoms with Gasteiger partial charge in [0.15, 0.2) is 0 Å². The van der Waals surface area contributed by atoms with E-state index in [9.17, 15) is 20.2 Å². The zero-order chi connectivity index (χ0) is 21.1. The number of hydrogen-bond donors (Lipinski definition) is 1. The summed E-state index contributed by atoms with van der Waals surface area (Å²) in [7, 11) is 0. The minimum atomic E-state index is -0.476. The Morgan fingerprint density at radius 2 is 1.14 bits per heavy atom. The SMILES string of the molecule is Cc1cc([N+](=O)[O-])ccc1Oc1cc(N)cc(Oc2ccc([N+](=O)[O-])cc2C)c1. The fraction of sp³-hybridized carbons (Fsp3) is 0.100. The number of ether oxygens (including phenoxy) is 2. The number of hydrogen-bond acceptors (Lipinski definition) is 7. The lowest BCUT2D eigenvalue weighted by Crippen LogP contribution is -1.95. The van der Waals surface area contributed by atoms with Gasteiger partial charge in [-0.15, -0.1) is 0 Å². The van der Waals surface area contributed by atoms with E-state index < -0.39 is 9.85 Å². The fourth-order valence-electron chi connectivity index (χ4n) is 2.69. The predicted octanol–water partition coefficient (Wildman–Crippen LogP) is 5.29. The zero-order valence-electron chi connectivity index (χ0n) is 15.6. The van der Waals surface area contributed by atoms with Gasteiger partial charge in [0.1, 0.15) is 23.0 Å². The summed E-state index contributed by atoms with van der Waals surface area (Å²) in [6.07, 6.45) is 0. The van der Waals surface area contributed by atoms with E-state index in [1.807, 2.05) is 0 Å². The van der Waals surface area contributed by atoms with Gasteiger partial charge in [0.2, 0.25) is 0 Å². The first kappa shape index (κ1) is 19.6. The van der Waals surface area contributed by atoms with Gasteiger partial charge in [-0.1, -0.05) is 0 Å². The first-order valence-corrected chi connectivity index (χ1v) is 8.49. The van der Waals surface area contributed by atoms with Crippen LogP contribution in [0.2, 0.25) is 0 Å². The molecule has 0 aliphatic carbocycles. The highest BCUT2D eigenvalue weighted by Gasteiger charge is 2.12. The normalized spacial score (nSPS) is 10.4. The highest BCUT2D eigenvalue weighted by molar-refractivity contribution is 5.54. The van der Waals surface area contributed by atoms with E-state index in [2.05, 4.69) is 0 Å². The molecule has 3 aromatic carbocycles. The van der Waals surface area contributed by atoms with Crippen LogP contribution in [0.5, 0.6) is 23.0 Å². The van der Waals surface area contributed by atoms with Gasteiger partial charge in [0.05, 0.1) is 9.85 Å². The van der Waals surface area contributed by atoms with Crippen LogP contribution in [0.1, 0.15) is 11.1 Å². The summed E-state index contributed by atoms with van der Waals surface area (Å²) < 4.78 is 11.6. The summed E-state index contributed by atoms with van der Waals surface area (Å²) >= 11 is 0. The number of non-ortho nitro benzene ring substituents is 2. The summed E-state index contributed by atoms with van der Waals surface area (Å²) in [6.45, 7) is 3.40. The fourth-order valence-corrected chi connectivity index (χ4v) is 2.69. The van der Waals surface area contributed by atoms with Crippen molar-refractivity contribution < 1.29 is 19.3 Å². The number of rotatable bonds is 6. The molecule has 0 saturated carbocycles. The monoisotopic (exact) mass is 395 g/mol. The van der Waals surface area contributed by atoms with E-state index in [-0.39, 0.29) is 11.4 Å². The van der Waals surface area contributed by atoms with Crippen LogP contribution in [0.4, 0.5) is 17.1 Å². The number of anilines is 1. The predicted molar refractivity (Wildman–Crippen MR) is 107 cm³/mol. The molecule has 0 heterocycles. The molecule has 9 nitrogen and oxygen atoms in total. The van der Waals surface area contributed by atoms with Gasteiger partial charge in [-0.05, 0) is 37.1 Å². The summed E-state index contributed by atoms with van der Waals surface area (Å²) in [6, 6.07) is 13.4. The molecule has 29 heavy (non-hydrogen) atoms. The highest BCUT2D eigenvalue weighted by Crippen LogP contribution is 2.34. The van der Waals surface area contributed by atoms with Gasteiger partial charge >= 0.3 is 0 Å². The molecule has 0 bridgehead atoms. The van der Waals surface area contributed by atoms with Crippen LogP contribution in [0.15, 0.2) is 54.6 Å². The Morgan fingerprint density at radius 1 is 0.724 bits per heavy atom. The largest absolute Gasteiger partial charge is 0.457 e. The topological polar surface area (TPSA) is 131 Å². The molecule has 0 spiro atoms. The number of nitrogens with two attached hydrogens (primary N) is 1. The summed E-state index contributed by atoms with van der Waals surface area (Å²) in [5.74, 6) is 1.66. The van der Waals surface area contributed by atoms with Crippen molar-refractivity contribution in [1.82, 2.24) is 0 Å². The number of aryl methyl sites for hydroxylation is 2. The molecule has 9 heteroatoms. The van der Waals surface area contributed by atoms with Crippen LogP contribution < -0.4 is 15.2 Å². The number of nitro benzene ring substituents is 2. The maximum Gasteiger partial charge on any atom is 0.269 e. The van der Waals surface area contributed by atoms with Gasteiger partial charge in [-0.2, -0.15) is 0 Å². The maximum atomic E-state index is 10.9. The van der Waals surface area contributed by atoms with Crippen LogP contribution in [-0.4, -0.2) is 9.85 Å². The van der Waals surface area contributed by atoms with Crippen molar-refractivity contribution in [3.63, 3.8) is 0 Å². The van der Waals surface area contributed by atoms with E-state index in [0.29, 0.717) is 39.8 Å². The van der Waals surface area contributed by atoms with Gasteiger partial charge in [0, 0.05) is 48.2 Å². The zero-order valence-corrected chi connectivity index (χ0v) is 15.6. The van der Waals surface area contributed by atoms with Crippen molar-refractivity contribution in [3.8, 4) is 23.0 Å². The Hall–Kier alpha value is -4.14. The molecular weight excluding hydrogens is 378 g/mol. The summed E-state index contributed by atoms with van der Waals surface area (Å²) in [5.41, 5.74) is 7.45. The number of benzene rings is 3. The lowest BCUT2D eigenvalue weighted by Gasteiger charge is -2.13. The number of nitro groups is 2. The van der Waals surface area contributed by atoms with E-state index in [4.69, 9.17) is 15.2 Å². The second-order valence-electron chi connectivity index (χ2n) is 6.36. The molecule has 3 rings (SSSR count). The molecular formula is C20H17N3O6. The summed E-state index contributed by atoms with van der Waals surface area (Å²) in [4.78, 5) is 20.8. The Bertz CT molecular complexity index is 1030. The van der Waals surface area contributed by atoms with Crippen molar-refractivity contribution in [2.75, 3.05) is 5.73 Å². The van der Waals surface area contributed by atoms with Crippen LogP contribution in [0.3, 0.4) is 0 Å². The first-order chi connectivity index (χ1) is 13.7. The van der Waals surface area contributed by atoms with E-state index in [1.165, 1.54) is 36.4 Å². The average molecular weight is 395 g/mol. The lowest BCUT2D eigenvalue weighted by atomic mass is 10.2. The Balaban J connectivity index is 1.85. The Morgan fingerprint density at radius 3 is 1.48 bits per heavy atom. The third kappa shape index (κ3) is 4.59. The van der Waals surface area contributed by atoms with Crippen LogP contribution in [0.25, 0.3) is 0 Å². The molecule has 0 fully saturated rings. The molecule has 0 radical (unpaired) electrons. The van der Waals surface area contributed by atoms with Crippen molar-refractivity contribution >= 4 is 17.1 Å². The molecule has 2 N–H and O–H groups in total. The second-order valence-corrected chi connectivity index (χ2v) is 6.36. The van der Waals surface area contributed by atoms with Crippen molar-refractivity contribution in [2.45, 2.75) is 13.8 Å². The van der Waals surface area contributed by atoms with Crippen molar-refractivity contribution in [1.29, 1.82) is 0 Å². The molecule has 0 atom stereocenters. The maximum absolute atomic E-state index is 10.9. The van der Waals surface area contributed by atoms with E-state index >= 15 is 0 Å². The molecule has 0 aliphatic rings. The average Bonchev–Trinajstić information content (AvgIpc) is 2.64. The molecule has 0 aliphatic heterocycles. The molecule has 148 valence electrons. The van der Waals surface area contributed by atoms with E-state index in [1.54, 1.807) is 32.0 Å². The molecule has 0 aromatic heterocycles. The molecule has 0 saturated heterocycles. The quantitative estimate of drug-likeness (QED) is 0.341. The third-order valence-corrected chi connectivity index (χ3v) is 4.10. The summed E-state index contributed by atoms with van der Waals surface area (Å²) in [5, 5.41) is 21.7. The minimum Gasteiger partial charge on any atom is -0.457 e. The minimum absolute atomic E-state index is 0.0277. The second kappa shape index (κ2) is 7.85. The van der Waals surface area contributed by atoms with Crippen molar-refractivity contribution in [3.05, 3.63) is 86.0 Å². The van der Waals surface area contributed by atoms with E-state index in [0.717, 1.165) is 0 Å². The van der Waals surface area contributed by atoms with Crippen molar-refractivity contribution in [2.24, 2.45) is 0 Å². The lowest BCUT2D eigenvalue weighted by molar-refractivity contribution is -0.385. The Kier molecular flexibility index (Phi) is 5.31. The molecule has 0 amide bonds. The Labute approximate surface area is 165 Å². The van der Waals surface area contributed by atoms with Gasteiger partial charge in [-0.25, -0.2) is 0 Å². The standard InChI is InChI=1S/C20H17N3O6/c1-12-7-15(22(24)25)3-5-19(12)28-17-9-14(21)10-18(11-17)29-20-6-4-16(23(26)27)8-13(20)2/h3-11H,21H2,1-2H3. The first-order valence-electron chi connectivity index (χ1n) is 8.49. The smallest absolute Gasteiger partial charge is 0.269 e. The van der Waals surface area contributed by atoms with Crippen LogP contribution in [-0.2, 0) is 0 Å². The van der Waals surface area contributed by atoms with Crippen LogP contribution in [0, 0.1) is 34.1 Å². The van der Waals surface area contributed by atoms with Gasteiger partial charge in [-0.3, -0.25) is 20.2 Å². The third-order valence-electron chi connectivity index (χ3n) is 4.10. The number of nitrogens with zero attached hydrogens (tertiary/aromatic N) is 2. The molecule has 0 unspecified atom stereocenters. The van der Waals surface area contributed by atoms with Gasteiger partial charge in [0.25, 0.3) is 11.4 Å². The van der Waals surface area contributed by atoms with Gasteiger partial charge < -0.3 is 15.2 Å². The number of nitrogen functional groups attached to an aromatic ring is 1. The van der Waals surface area contributed by atoms with Crippen LogP contribution >= 0.6 is 0 Å².